The zero-order chi connectivity index (χ0) is 11.3. The zero-order valence-electron chi connectivity index (χ0n) is 8.37. The molecule has 0 atom stereocenters. The minimum Gasteiger partial charge on any atom is -1.00 e. The topological polar surface area (TPSA) is 147 Å². The van der Waals surface area contributed by atoms with Crippen molar-refractivity contribution < 1.29 is 96.5 Å². The van der Waals surface area contributed by atoms with E-state index in [1.54, 1.807) is 0 Å². The summed E-state index contributed by atoms with van der Waals surface area (Å²) in [6.45, 7) is 0. The monoisotopic (exact) mass is 246 g/mol. The second-order valence-corrected chi connectivity index (χ2v) is 1.73. The number of carboxylic acids is 2. The molecule has 78 valence electrons. The molecule has 0 saturated carbocycles. The molecule has 0 aromatic carbocycles. The Morgan fingerprint density at radius 2 is 1.20 bits per heavy atom. The van der Waals surface area contributed by atoms with Gasteiger partial charge in [0, 0.05) is 0 Å². The quantitative estimate of drug-likeness (QED) is 0.320. The van der Waals surface area contributed by atoms with E-state index in [1.807, 2.05) is 0 Å². The summed E-state index contributed by atoms with van der Waals surface area (Å²) in [5, 5.41) is 24.3. The molecule has 0 aliphatic rings. The maximum Gasteiger partial charge on any atom is 1.00 e. The van der Waals surface area contributed by atoms with Crippen LogP contribution in [0.25, 0.3) is 0 Å². The summed E-state index contributed by atoms with van der Waals surface area (Å²) in [5.74, 6) is -7.85. The van der Waals surface area contributed by atoms with Crippen molar-refractivity contribution in [3.63, 3.8) is 0 Å². The smallest absolute Gasteiger partial charge is 1.00 e. The molecular formula is C4H4BKO9. The molecule has 0 bridgehead atoms. The molecule has 0 heterocycles. The third kappa shape index (κ3) is 7.47. The van der Waals surface area contributed by atoms with E-state index in [-0.39, 0.29) is 52.8 Å². The van der Waals surface area contributed by atoms with Gasteiger partial charge in [-0.1, -0.05) is 0 Å². The van der Waals surface area contributed by atoms with Gasteiger partial charge in [-0.15, -0.1) is 0 Å². The molecule has 0 fully saturated rings. The first-order valence-corrected chi connectivity index (χ1v) is 2.90. The van der Waals surface area contributed by atoms with Crippen molar-refractivity contribution in [3.05, 3.63) is 0 Å². The number of hydrogen-bond acceptors (Lipinski definition) is 7. The fourth-order valence-electron chi connectivity index (χ4n) is 0.308. The van der Waals surface area contributed by atoms with Gasteiger partial charge in [0.05, 0.1) is 0 Å². The van der Waals surface area contributed by atoms with E-state index < -0.39 is 31.2 Å². The molecule has 15 heavy (non-hydrogen) atoms. The number of hydrogen-bond donors (Lipinski definition) is 3. The van der Waals surface area contributed by atoms with E-state index >= 15 is 0 Å². The standard InChI is InChI=1S/C4H3BO9.K.H/c6-1(7)3(10)13-5(12)14-4(11)2(8)9;;/h12H,(H,6,7)(H,8,9);;/q;+1;-1. The summed E-state index contributed by atoms with van der Waals surface area (Å²) in [7, 11) is -2.57. The summed E-state index contributed by atoms with van der Waals surface area (Å²) in [5.41, 5.74) is 0. The third-order valence-corrected chi connectivity index (χ3v) is 0.765. The normalized spacial score (nSPS) is 8.07. The number of rotatable bonds is 2. The molecule has 0 radical (unpaired) electrons. The first kappa shape index (κ1) is 17.0. The molecule has 0 unspecified atom stereocenters. The van der Waals surface area contributed by atoms with E-state index in [1.165, 1.54) is 0 Å². The van der Waals surface area contributed by atoms with Gasteiger partial charge in [0.2, 0.25) is 0 Å². The zero-order valence-corrected chi connectivity index (χ0v) is 10.5. The van der Waals surface area contributed by atoms with Crippen molar-refractivity contribution >= 4 is 31.2 Å². The fraction of sp³-hybridized carbons (Fsp3) is 0. The van der Waals surface area contributed by atoms with Crippen molar-refractivity contribution in [3.8, 4) is 0 Å². The molecule has 3 N–H and O–H groups in total. The summed E-state index contributed by atoms with van der Waals surface area (Å²) in [6.07, 6.45) is 0. The average Bonchev–Trinajstić information content (AvgIpc) is 2.03. The Bertz CT molecular complexity index is 265. The summed E-state index contributed by atoms with van der Waals surface area (Å²) >= 11 is 0. The Labute approximate surface area is 126 Å². The van der Waals surface area contributed by atoms with Crippen LogP contribution < -0.4 is 51.4 Å². The van der Waals surface area contributed by atoms with E-state index in [0.29, 0.717) is 0 Å². The van der Waals surface area contributed by atoms with Gasteiger partial charge < -0.3 is 26.0 Å². The molecule has 0 aromatic heterocycles. The maximum atomic E-state index is 10.2. The SMILES string of the molecule is O=C(O)C(=O)OB(O)OC(=O)C(=O)O.[H-].[K+]. The maximum absolute atomic E-state index is 10.2. The van der Waals surface area contributed by atoms with E-state index in [4.69, 9.17) is 15.2 Å². The van der Waals surface area contributed by atoms with Crippen molar-refractivity contribution in [2.24, 2.45) is 0 Å². The van der Waals surface area contributed by atoms with E-state index in [0.717, 1.165) is 0 Å². The van der Waals surface area contributed by atoms with Gasteiger partial charge in [-0.05, 0) is 0 Å². The Kier molecular flexibility index (Phi) is 8.80. The second kappa shape index (κ2) is 7.78. The van der Waals surface area contributed by atoms with Crippen molar-refractivity contribution in [2.75, 3.05) is 0 Å². The van der Waals surface area contributed by atoms with Gasteiger partial charge in [-0.2, -0.15) is 0 Å². The Morgan fingerprint density at radius 3 is 1.40 bits per heavy atom. The van der Waals surface area contributed by atoms with Gasteiger partial charge in [0.15, 0.2) is 0 Å². The third-order valence-electron chi connectivity index (χ3n) is 0.765. The minimum absolute atomic E-state index is 0. The van der Waals surface area contributed by atoms with Crippen LogP contribution in [-0.2, 0) is 28.5 Å². The van der Waals surface area contributed by atoms with Gasteiger partial charge in [0.25, 0.3) is 0 Å². The Balaban J connectivity index is -0.000000845. The number of carboxylic acid groups (broad SMARTS) is 2. The summed E-state index contributed by atoms with van der Waals surface area (Å²) in [6, 6.07) is 0. The van der Waals surface area contributed by atoms with E-state index in [2.05, 4.69) is 9.31 Å². The van der Waals surface area contributed by atoms with Crippen LogP contribution in [-0.4, -0.2) is 46.4 Å². The molecule has 0 aromatic rings. The van der Waals surface area contributed by atoms with Gasteiger partial charge >= 0.3 is 82.6 Å². The fourth-order valence-corrected chi connectivity index (χ4v) is 0.308. The number of carbonyl (C=O) groups is 4. The van der Waals surface area contributed by atoms with Crippen LogP contribution in [0, 0.1) is 0 Å². The number of carbonyl (C=O) groups excluding carboxylic acids is 2. The van der Waals surface area contributed by atoms with Crippen LogP contribution in [0.15, 0.2) is 0 Å². The predicted octanol–water partition coefficient (Wildman–Crippen LogP) is -5.66. The van der Waals surface area contributed by atoms with Crippen molar-refractivity contribution in [1.82, 2.24) is 0 Å². The van der Waals surface area contributed by atoms with Crippen LogP contribution in [0.1, 0.15) is 1.43 Å². The largest absolute Gasteiger partial charge is 1.00 e. The molecule has 0 saturated heterocycles. The molecule has 0 rings (SSSR count). The summed E-state index contributed by atoms with van der Waals surface area (Å²) in [4.78, 5) is 40.0. The molecule has 0 aliphatic carbocycles. The van der Waals surface area contributed by atoms with Crippen LogP contribution in [0.3, 0.4) is 0 Å². The molecule has 11 heteroatoms. The molecule has 9 nitrogen and oxygen atoms in total. The Morgan fingerprint density at radius 1 is 0.933 bits per heavy atom. The Hall–Kier alpha value is -0.459. The molecule has 0 aliphatic heterocycles. The van der Waals surface area contributed by atoms with Crippen LogP contribution in [0.2, 0.25) is 0 Å². The van der Waals surface area contributed by atoms with Gasteiger partial charge in [-0.3, -0.25) is 0 Å². The first-order chi connectivity index (χ1) is 6.34. The average molecular weight is 246 g/mol. The summed E-state index contributed by atoms with van der Waals surface area (Å²) < 4.78 is 7.09. The second-order valence-electron chi connectivity index (χ2n) is 1.73. The number of aliphatic carboxylic acids is 2. The van der Waals surface area contributed by atoms with Gasteiger partial charge in [0.1, 0.15) is 0 Å². The van der Waals surface area contributed by atoms with Crippen molar-refractivity contribution in [1.29, 1.82) is 0 Å². The minimum atomic E-state index is -2.57. The van der Waals surface area contributed by atoms with Crippen molar-refractivity contribution in [2.45, 2.75) is 0 Å². The predicted molar refractivity (Wildman–Crippen MR) is 36.5 cm³/mol. The molecule has 0 amide bonds. The molecular weight excluding hydrogens is 242 g/mol. The molecule has 0 spiro atoms. The van der Waals surface area contributed by atoms with Crippen LogP contribution in [0.5, 0.6) is 0 Å². The first-order valence-electron chi connectivity index (χ1n) is 2.90. The van der Waals surface area contributed by atoms with Crippen LogP contribution in [0.4, 0.5) is 0 Å². The van der Waals surface area contributed by atoms with Crippen LogP contribution >= 0.6 is 0 Å². The van der Waals surface area contributed by atoms with Gasteiger partial charge in [-0.25, -0.2) is 19.2 Å². The van der Waals surface area contributed by atoms with E-state index in [9.17, 15) is 19.2 Å².